The molecule has 3 heteroatoms. The van der Waals surface area contributed by atoms with E-state index >= 15 is 0 Å². The van der Waals surface area contributed by atoms with E-state index in [1.54, 1.807) is 0 Å². The molecule has 1 N–H and O–H groups in total. The number of halogens is 1. The van der Waals surface area contributed by atoms with Crippen molar-refractivity contribution < 1.29 is 9.50 Å². The Morgan fingerprint density at radius 2 is 1.88 bits per heavy atom. The highest BCUT2D eigenvalue weighted by molar-refractivity contribution is 5.19. The number of aliphatic hydroxyl groups excluding tert-OH is 1. The summed E-state index contributed by atoms with van der Waals surface area (Å²) in [6.07, 6.45) is 0.998. The number of hydrogen-bond acceptors (Lipinski definition) is 2. The van der Waals surface area contributed by atoms with Gasteiger partial charge in [-0.05, 0) is 17.7 Å². The third-order valence-corrected chi connectivity index (χ3v) is 2.41. The van der Waals surface area contributed by atoms with Gasteiger partial charge in [-0.2, -0.15) is 0 Å². The second kappa shape index (κ2) is 4.86. The Balaban J connectivity index is 2.14. The van der Waals surface area contributed by atoms with Crippen LogP contribution in [0.3, 0.4) is 0 Å². The average Bonchev–Trinajstić information content (AvgIpc) is 2.33. The summed E-state index contributed by atoms with van der Waals surface area (Å²) in [4.78, 5) is 3.91. The van der Waals surface area contributed by atoms with E-state index in [4.69, 9.17) is 0 Å². The molecule has 2 aromatic rings. The van der Waals surface area contributed by atoms with Gasteiger partial charge < -0.3 is 5.11 Å². The second-order valence-corrected chi connectivity index (χ2v) is 3.56. The number of rotatable bonds is 3. The summed E-state index contributed by atoms with van der Waals surface area (Å²) in [5, 5.41) is 9.89. The number of benzene rings is 1. The first-order chi connectivity index (χ1) is 7.77. The van der Waals surface area contributed by atoms with Gasteiger partial charge in [0.25, 0.3) is 0 Å². The molecule has 0 aliphatic carbocycles. The topological polar surface area (TPSA) is 33.1 Å². The summed E-state index contributed by atoms with van der Waals surface area (Å²) in [6, 6.07) is 12.1. The highest BCUT2D eigenvalue weighted by Gasteiger charge is 2.11. The largest absolute Gasteiger partial charge is 0.388 e. The smallest absolute Gasteiger partial charge is 0.144 e. The first kappa shape index (κ1) is 10.8. The van der Waals surface area contributed by atoms with Crippen LogP contribution in [0.2, 0.25) is 0 Å². The number of aromatic nitrogens is 1. The van der Waals surface area contributed by atoms with Gasteiger partial charge in [0.15, 0.2) is 0 Å². The Hall–Kier alpha value is -1.74. The van der Waals surface area contributed by atoms with Gasteiger partial charge in [0.1, 0.15) is 5.82 Å². The molecule has 0 aliphatic rings. The Morgan fingerprint density at radius 3 is 2.56 bits per heavy atom. The van der Waals surface area contributed by atoms with Crippen molar-refractivity contribution in [3.63, 3.8) is 0 Å². The lowest BCUT2D eigenvalue weighted by atomic mass is 10.0. The summed E-state index contributed by atoms with van der Waals surface area (Å²) < 4.78 is 13.3. The molecule has 2 rings (SSSR count). The lowest BCUT2D eigenvalue weighted by Crippen LogP contribution is -2.05. The molecular formula is C13H12FNO. The molecule has 1 aromatic heterocycles. The van der Waals surface area contributed by atoms with Crippen molar-refractivity contribution in [3.8, 4) is 0 Å². The van der Waals surface area contributed by atoms with E-state index in [9.17, 15) is 9.50 Å². The molecule has 0 radical (unpaired) electrons. The van der Waals surface area contributed by atoms with Crippen LogP contribution in [0.15, 0.2) is 48.7 Å². The van der Waals surface area contributed by atoms with Crippen LogP contribution in [0.25, 0.3) is 0 Å². The molecule has 2 nitrogen and oxygen atoms in total. The molecule has 0 fully saturated rings. The standard InChI is InChI=1S/C13H12FNO/c14-11-7-4-8-15-12(11)9-13(16)10-5-2-1-3-6-10/h1-8,13,16H,9H2. The Bertz CT molecular complexity index is 458. The Labute approximate surface area is 93.4 Å². The molecule has 1 aromatic carbocycles. The van der Waals surface area contributed by atoms with E-state index in [0.717, 1.165) is 5.56 Å². The summed E-state index contributed by atoms with van der Waals surface area (Å²) in [7, 11) is 0. The van der Waals surface area contributed by atoms with Crippen molar-refractivity contribution in [2.75, 3.05) is 0 Å². The van der Waals surface area contributed by atoms with Crippen molar-refractivity contribution in [1.82, 2.24) is 4.98 Å². The maximum absolute atomic E-state index is 13.3. The molecule has 16 heavy (non-hydrogen) atoms. The van der Waals surface area contributed by atoms with Gasteiger partial charge in [-0.3, -0.25) is 4.98 Å². The monoisotopic (exact) mass is 217 g/mol. The quantitative estimate of drug-likeness (QED) is 0.856. The number of aliphatic hydroxyl groups is 1. The molecule has 0 aliphatic heterocycles. The van der Waals surface area contributed by atoms with Crippen molar-refractivity contribution >= 4 is 0 Å². The van der Waals surface area contributed by atoms with Crippen LogP contribution in [-0.2, 0) is 6.42 Å². The van der Waals surface area contributed by atoms with Gasteiger partial charge in [0, 0.05) is 12.6 Å². The zero-order valence-electron chi connectivity index (χ0n) is 8.68. The van der Waals surface area contributed by atoms with E-state index in [-0.39, 0.29) is 12.2 Å². The van der Waals surface area contributed by atoms with Crippen LogP contribution < -0.4 is 0 Å². The molecule has 0 spiro atoms. The van der Waals surface area contributed by atoms with E-state index < -0.39 is 6.10 Å². The molecule has 0 amide bonds. The maximum Gasteiger partial charge on any atom is 0.144 e. The van der Waals surface area contributed by atoms with Gasteiger partial charge in [-0.15, -0.1) is 0 Å². The van der Waals surface area contributed by atoms with Crippen LogP contribution in [0.1, 0.15) is 17.4 Å². The van der Waals surface area contributed by atoms with Crippen LogP contribution in [0, 0.1) is 5.82 Å². The van der Waals surface area contributed by atoms with Gasteiger partial charge in [0.2, 0.25) is 0 Å². The first-order valence-electron chi connectivity index (χ1n) is 5.10. The van der Waals surface area contributed by atoms with Gasteiger partial charge >= 0.3 is 0 Å². The molecular weight excluding hydrogens is 205 g/mol. The molecule has 0 bridgehead atoms. The first-order valence-corrected chi connectivity index (χ1v) is 5.10. The average molecular weight is 217 g/mol. The number of pyridine rings is 1. The predicted octanol–water partition coefficient (Wildman–Crippen LogP) is 2.50. The lowest BCUT2D eigenvalue weighted by molar-refractivity contribution is 0.175. The minimum Gasteiger partial charge on any atom is -0.388 e. The van der Waals surface area contributed by atoms with Crippen molar-refractivity contribution in [3.05, 3.63) is 65.7 Å². The Kier molecular flexibility index (Phi) is 3.27. The normalized spacial score (nSPS) is 12.4. The zero-order valence-corrected chi connectivity index (χ0v) is 8.68. The van der Waals surface area contributed by atoms with E-state index in [1.807, 2.05) is 30.3 Å². The van der Waals surface area contributed by atoms with Crippen LogP contribution >= 0.6 is 0 Å². The van der Waals surface area contributed by atoms with Crippen molar-refractivity contribution in [1.29, 1.82) is 0 Å². The number of hydrogen-bond donors (Lipinski definition) is 1. The van der Waals surface area contributed by atoms with E-state index in [1.165, 1.54) is 18.3 Å². The van der Waals surface area contributed by atoms with E-state index in [0.29, 0.717) is 5.69 Å². The van der Waals surface area contributed by atoms with E-state index in [2.05, 4.69) is 4.98 Å². The second-order valence-electron chi connectivity index (χ2n) is 3.56. The Morgan fingerprint density at radius 1 is 1.12 bits per heavy atom. The summed E-state index contributed by atoms with van der Waals surface area (Å²) in [5.41, 5.74) is 1.06. The van der Waals surface area contributed by atoms with Gasteiger partial charge in [-0.25, -0.2) is 4.39 Å². The minimum atomic E-state index is -0.717. The zero-order chi connectivity index (χ0) is 11.4. The van der Waals surface area contributed by atoms with Crippen molar-refractivity contribution in [2.24, 2.45) is 0 Å². The van der Waals surface area contributed by atoms with Crippen molar-refractivity contribution in [2.45, 2.75) is 12.5 Å². The summed E-state index contributed by atoms with van der Waals surface area (Å²) in [6.45, 7) is 0. The molecule has 0 saturated carbocycles. The summed E-state index contributed by atoms with van der Waals surface area (Å²) in [5.74, 6) is -0.377. The fourth-order valence-electron chi connectivity index (χ4n) is 1.54. The van der Waals surface area contributed by atoms with Crippen LogP contribution in [0.4, 0.5) is 4.39 Å². The minimum absolute atomic E-state index is 0.191. The highest BCUT2D eigenvalue weighted by Crippen LogP contribution is 2.17. The van der Waals surface area contributed by atoms with Gasteiger partial charge in [0.05, 0.1) is 11.8 Å². The molecule has 1 heterocycles. The third-order valence-electron chi connectivity index (χ3n) is 2.41. The molecule has 1 atom stereocenters. The third kappa shape index (κ3) is 2.44. The SMILES string of the molecule is OC(Cc1ncccc1F)c1ccccc1. The fourth-order valence-corrected chi connectivity index (χ4v) is 1.54. The van der Waals surface area contributed by atoms with Crippen LogP contribution in [-0.4, -0.2) is 10.1 Å². The predicted molar refractivity (Wildman–Crippen MR) is 59.3 cm³/mol. The lowest BCUT2D eigenvalue weighted by Gasteiger charge is -2.10. The summed E-state index contributed by atoms with van der Waals surface area (Å²) >= 11 is 0. The number of nitrogens with zero attached hydrogens (tertiary/aromatic N) is 1. The molecule has 1 unspecified atom stereocenters. The molecule has 82 valence electrons. The fraction of sp³-hybridized carbons (Fsp3) is 0.154. The van der Waals surface area contributed by atoms with Gasteiger partial charge in [-0.1, -0.05) is 30.3 Å². The highest BCUT2D eigenvalue weighted by atomic mass is 19.1. The maximum atomic E-state index is 13.3. The van der Waals surface area contributed by atoms with Crippen LogP contribution in [0.5, 0.6) is 0 Å². The molecule has 0 saturated heterocycles.